The van der Waals surface area contributed by atoms with E-state index in [1.54, 1.807) is 6.08 Å². The second kappa shape index (κ2) is 4.25. The van der Waals surface area contributed by atoms with Gasteiger partial charge in [0.05, 0.1) is 25.3 Å². The molecule has 0 aromatic heterocycles. The first-order valence-corrected chi connectivity index (χ1v) is 4.11. The van der Waals surface area contributed by atoms with Gasteiger partial charge < -0.3 is 20.5 Å². The van der Waals surface area contributed by atoms with Crippen LogP contribution in [0.5, 0.6) is 0 Å². The van der Waals surface area contributed by atoms with Crippen molar-refractivity contribution in [1.29, 1.82) is 0 Å². The number of hydrogen-bond acceptors (Lipinski definition) is 3. The molecule has 0 aliphatic carbocycles. The predicted octanol–water partition coefficient (Wildman–Crippen LogP) is -0.121. The van der Waals surface area contributed by atoms with Gasteiger partial charge in [-0.1, -0.05) is 6.08 Å². The van der Waals surface area contributed by atoms with Crippen LogP contribution >= 0.6 is 0 Å². The first-order chi connectivity index (χ1) is 6.15. The molecule has 1 rings (SSSR count). The predicted molar refractivity (Wildman–Crippen MR) is 47.5 cm³/mol. The van der Waals surface area contributed by atoms with Crippen molar-refractivity contribution in [2.75, 3.05) is 19.7 Å². The molecule has 1 amide bonds. The molecule has 5 nitrogen and oxygen atoms in total. The van der Waals surface area contributed by atoms with Crippen LogP contribution in [0.4, 0.5) is 4.79 Å². The molecule has 2 atom stereocenters. The van der Waals surface area contributed by atoms with Gasteiger partial charge in [-0.2, -0.15) is 0 Å². The summed E-state index contributed by atoms with van der Waals surface area (Å²) in [4.78, 5) is 11.8. The van der Waals surface area contributed by atoms with Crippen molar-refractivity contribution < 1.29 is 14.6 Å². The summed E-state index contributed by atoms with van der Waals surface area (Å²) < 4.78 is 5.30. The maximum Gasteiger partial charge on any atom is 0.407 e. The zero-order valence-corrected chi connectivity index (χ0v) is 7.35. The fourth-order valence-corrected chi connectivity index (χ4v) is 1.32. The third-order valence-electron chi connectivity index (χ3n) is 2.01. The average molecular weight is 186 g/mol. The molecule has 0 aromatic carbocycles. The standard InChI is InChI=1S/C8H14N2O3/c1-2-3-13-7-5-10(8(11)12)4-6(7)9/h2,6-7H,1,3-5,9H2,(H,11,12)/t6-,7-/m0/s1. The second-order valence-electron chi connectivity index (χ2n) is 3.01. The van der Waals surface area contributed by atoms with Crippen LogP contribution in [0.25, 0.3) is 0 Å². The molecular weight excluding hydrogens is 172 g/mol. The molecular formula is C8H14N2O3. The molecule has 0 radical (unpaired) electrons. The van der Waals surface area contributed by atoms with E-state index in [1.165, 1.54) is 4.90 Å². The highest BCUT2D eigenvalue weighted by atomic mass is 16.5. The zero-order chi connectivity index (χ0) is 9.84. The van der Waals surface area contributed by atoms with Gasteiger partial charge in [-0.15, -0.1) is 6.58 Å². The molecule has 0 bridgehead atoms. The minimum absolute atomic E-state index is 0.200. The maximum absolute atomic E-state index is 10.6. The van der Waals surface area contributed by atoms with Crippen molar-refractivity contribution in [3.05, 3.63) is 12.7 Å². The van der Waals surface area contributed by atoms with E-state index >= 15 is 0 Å². The Morgan fingerprint density at radius 2 is 2.46 bits per heavy atom. The molecule has 13 heavy (non-hydrogen) atoms. The summed E-state index contributed by atoms with van der Waals surface area (Å²) in [5, 5.41) is 8.67. The summed E-state index contributed by atoms with van der Waals surface area (Å²) in [6, 6.07) is -0.226. The Hall–Kier alpha value is -1.07. The highest BCUT2D eigenvalue weighted by molar-refractivity contribution is 5.65. The summed E-state index contributed by atoms with van der Waals surface area (Å²) in [7, 11) is 0. The lowest BCUT2D eigenvalue weighted by molar-refractivity contribution is 0.0704. The molecule has 1 aliphatic rings. The summed E-state index contributed by atoms with van der Waals surface area (Å²) in [5.41, 5.74) is 5.68. The number of likely N-dealkylation sites (tertiary alicyclic amines) is 1. The third-order valence-corrected chi connectivity index (χ3v) is 2.01. The number of nitrogens with zero attached hydrogens (tertiary/aromatic N) is 1. The van der Waals surface area contributed by atoms with Gasteiger partial charge in [0, 0.05) is 6.54 Å². The number of rotatable bonds is 3. The smallest absolute Gasteiger partial charge is 0.407 e. The monoisotopic (exact) mass is 186 g/mol. The molecule has 0 aromatic rings. The van der Waals surface area contributed by atoms with Crippen LogP contribution < -0.4 is 5.73 Å². The highest BCUT2D eigenvalue weighted by Gasteiger charge is 2.33. The maximum atomic E-state index is 10.6. The number of carbonyl (C=O) groups is 1. The molecule has 1 aliphatic heterocycles. The van der Waals surface area contributed by atoms with Gasteiger partial charge >= 0.3 is 6.09 Å². The molecule has 0 unspecified atom stereocenters. The quantitative estimate of drug-likeness (QED) is 0.602. The molecule has 1 saturated heterocycles. The third kappa shape index (κ3) is 2.43. The molecule has 0 saturated carbocycles. The second-order valence-corrected chi connectivity index (χ2v) is 3.01. The Balaban J connectivity index is 2.41. The Morgan fingerprint density at radius 1 is 1.77 bits per heavy atom. The van der Waals surface area contributed by atoms with Crippen LogP contribution in [0.3, 0.4) is 0 Å². The minimum atomic E-state index is -0.944. The summed E-state index contributed by atoms with van der Waals surface area (Å²) in [6.45, 7) is 4.61. The topological polar surface area (TPSA) is 75.8 Å². The molecule has 0 spiro atoms. The van der Waals surface area contributed by atoms with Crippen molar-refractivity contribution in [2.45, 2.75) is 12.1 Å². The Labute approximate surface area is 76.8 Å². The number of hydrogen-bond donors (Lipinski definition) is 2. The molecule has 1 heterocycles. The highest BCUT2D eigenvalue weighted by Crippen LogP contribution is 2.11. The van der Waals surface area contributed by atoms with Crippen molar-refractivity contribution in [3.8, 4) is 0 Å². The van der Waals surface area contributed by atoms with Crippen LogP contribution in [0, 0.1) is 0 Å². The lowest BCUT2D eigenvalue weighted by Crippen LogP contribution is -2.35. The van der Waals surface area contributed by atoms with Crippen LogP contribution in [0.2, 0.25) is 0 Å². The Morgan fingerprint density at radius 3 is 2.92 bits per heavy atom. The van der Waals surface area contributed by atoms with E-state index in [2.05, 4.69) is 6.58 Å². The average Bonchev–Trinajstić information content (AvgIpc) is 2.44. The fraction of sp³-hybridized carbons (Fsp3) is 0.625. The van der Waals surface area contributed by atoms with Gasteiger partial charge in [-0.05, 0) is 0 Å². The van der Waals surface area contributed by atoms with Gasteiger partial charge in [0.2, 0.25) is 0 Å². The van der Waals surface area contributed by atoms with E-state index in [1.807, 2.05) is 0 Å². The first kappa shape index (κ1) is 10.0. The summed E-state index contributed by atoms with van der Waals surface area (Å²) in [6.07, 6.45) is 0.477. The molecule has 5 heteroatoms. The van der Waals surface area contributed by atoms with Crippen LogP contribution in [0.1, 0.15) is 0 Å². The van der Waals surface area contributed by atoms with Gasteiger partial charge in [-0.25, -0.2) is 4.79 Å². The van der Waals surface area contributed by atoms with E-state index in [4.69, 9.17) is 15.6 Å². The fourth-order valence-electron chi connectivity index (χ4n) is 1.32. The van der Waals surface area contributed by atoms with Gasteiger partial charge in [0.15, 0.2) is 0 Å². The first-order valence-electron chi connectivity index (χ1n) is 4.11. The van der Waals surface area contributed by atoms with E-state index < -0.39 is 6.09 Å². The zero-order valence-electron chi connectivity index (χ0n) is 7.35. The number of ether oxygens (including phenoxy) is 1. The van der Waals surface area contributed by atoms with E-state index in [0.29, 0.717) is 19.7 Å². The van der Waals surface area contributed by atoms with E-state index in [0.717, 1.165) is 0 Å². The van der Waals surface area contributed by atoms with Gasteiger partial charge in [0.25, 0.3) is 0 Å². The van der Waals surface area contributed by atoms with Crippen molar-refractivity contribution in [2.24, 2.45) is 5.73 Å². The molecule has 3 N–H and O–H groups in total. The van der Waals surface area contributed by atoms with Crippen molar-refractivity contribution in [1.82, 2.24) is 4.90 Å². The molecule has 1 fully saturated rings. The van der Waals surface area contributed by atoms with Crippen molar-refractivity contribution >= 4 is 6.09 Å². The largest absolute Gasteiger partial charge is 0.465 e. The molecule has 74 valence electrons. The number of carboxylic acid groups (broad SMARTS) is 1. The number of nitrogens with two attached hydrogens (primary N) is 1. The van der Waals surface area contributed by atoms with E-state index in [-0.39, 0.29) is 12.1 Å². The summed E-state index contributed by atoms with van der Waals surface area (Å²) >= 11 is 0. The Bertz CT molecular complexity index is 208. The Kier molecular flexibility index (Phi) is 3.27. The van der Waals surface area contributed by atoms with Crippen LogP contribution in [-0.4, -0.2) is 47.9 Å². The number of amides is 1. The summed E-state index contributed by atoms with van der Waals surface area (Å²) in [5.74, 6) is 0. The lowest BCUT2D eigenvalue weighted by Gasteiger charge is -2.13. The minimum Gasteiger partial charge on any atom is -0.465 e. The SMILES string of the molecule is C=CCO[C@H]1CN(C(=O)O)C[C@@H]1N. The van der Waals surface area contributed by atoms with Crippen LogP contribution in [-0.2, 0) is 4.74 Å². The van der Waals surface area contributed by atoms with E-state index in [9.17, 15) is 4.79 Å². The van der Waals surface area contributed by atoms with Crippen molar-refractivity contribution in [3.63, 3.8) is 0 Å². The lowest BCUT2D eigenvalue weighted by atomic mass is 10.2. The van der Waals surface area contributed by atoms with Crippen LogP contribution in [0.15, 0.2) is 12.7 Å². The van der Waals surface area contributed by atoms with Gasteiger partial charge in [0.1, 0.15) is 0 Å². The normalized spacial score (nSPS) is 27.6. The van der Waals surface area contributed by atoms with Gasteiger partial charge in [-0.3, -0.25) is 0 Å².